The predicted molar refractivity (Wildman–Crippen MR) is 75.0 cm³/mol. The number of methoxy groups -OCH3 is 1. The van der Waals surface area contributed by atoms with E-state index in [1.54, 1.807) is 13.8 Å². The molecule has 0 saturated carbocycles. The fourth-order valence-corrected chi connectivity index (χ4v) is 1.94. The molecule has 0 aliphatic heterocycles. The van der Waals surface area contributed by atoms with Crippen molar-refractivity contribution in [1.82, 2.24) is 25.1 Å². The summed E-state index contributed by atoms with van der Waals surface area (Å²) in [6.07, 6.45) is -4.92. The molecule has 0 aliphatic carbocycles. The van der Waals surface area contributed by atoms with Gasteiger partial charge in [-0.1, -0.05) is 11.3 Å². The monoisotopic (exact) mass is 364 g/mol. The number of alkyl halides is 3. The maximum atomic E-state index is 12.5. The van der Waals surface area contributed by atoms with Gasteiger partial charge in [-0.3, -0.25) is 10.1 Å². The van der Waals surface area contributed by atoms with Gasteiger partial charge in [0.2, 0.25) is 16.0 Å². The number of nitrogens with zero attached hydrogens (tertiary/aromatic N) is 5. The third-order valence-electron chi connectivity index (χ3n) is 2.21. The van der Waals surface area contributed by atoms with Crippen LogP contribution in [0.2, 0.25) is 0 Å². The number of rotatable bonds is 5. The predicted octanol–water partition coefficient (Wildman–Crippen LogP) is 1.79. The third kappa shape index (κ3) is 4.47. The lowest BCUT2D eigenvalue weighted by Gasteiger charge is -2.09. The van der Waals surface area contributed by atoms with Crippen molar-refractivity contribution in [2.24, 2.45) is 0 Å². The molecule has 0 fully saturated rings. The minimum Gasteiger partial charge on any atom is -0.467 e. The van der Waals surface area contributed by atoms with Gasteiger partial charge in [0.05, 0.1) is 13.2 Å². The van der Waals surface area contributed by atoms with Crippen LogP contribution in [0.15, 0.2) is 0 Å². The minimum absolute atomic E-state index is 0.157. The molecular weight excluding hydrogens is 353 g/mol. The van der Waals surface area contributed by atoms with Gasteiger partial charge >= 0.3 is 18.2 Å². The zero-order valence-electron chi connectivity index (χ0n) is 12.6. The average Bonchev–Trinajstić information content (AvgIpc) is 2.94. The fraction of sp³-hybridized carbons (Fsp3) is 0.455. The number of hydrogen-bond acceptors (Lipinski definition) is 9. The quantitative estimate of drug-likeness (QED) is 0.855. The zero-order valence-corrected chi connectivity index (χ0v) is 13.4. The lowest BCUT2D eigenvalue weighted by Crippen LogP contribution is -2.18. The van der Waals surface area contributed by atoms with Crippen molar-refractivity contribution in [1.29, 1.82) is 0 Å². The van der Waals surface area contributed by atoms with Gasteiger partial charge in [-0.05, 0) is 13.8 Å². The highest BCUT2D eigenvalue weighted by Crippen LogP contribution is 2.33. The second-order valence-electron chi connectivity index (χ2n) is 4.46. The van der Waals surface area contributed by atoms with Gasteiger partial charge in [-0.2, -0.15) is 23.1 Å². The number of nitrogens with one attached hydrogen (secondary N) is 1. The lowest BCUT2D eigenvalue weighted by molar-refractivity contribution is -0.138. The van der Waals surface area contributed by atoms with Crippen LogP contribution in [0, 0.1) is 0 Å². The molecule has 130 valence electrons. The van der Waals surface area contributed by atoms with Gasteiger partial charge in [0.1, 0.15) is 0 Å². The summed E-state index contributed by atoms with van der Waals surface area (Å²) in [5, 5.41) is 6.79. The summed E-state index contributed by atoms with van der Waals surface area (Å²) in [4.78, 5) is 23.3. The number of ether oxygens (including phenoxy) is 2. The molecular formula is C11H11F3N6O3S. The normalized spacial score (nSPS) is 11.5. The highest BCUT2D eigenvalue weighted by molar-refractivity contribution is 7.15. The molecule has 2 heterocycles. The van der Waals surface area contributed by atoms with E-state index in [1.165, 1.54) is 7.11 Å². The van der Waals surface area contributed by atoms with E-state index >= 15 is 0 Å². The molecule has 0 aliphatic rings. The van der Waals surface area contributed by atoms with Crippen LogP contribution in [0.4, 0.5) is 18.3 Å². The molecule has 2 aromatic rings. The van der Waals surface area contributed by atoms with Crippen molar-refractivity contribution in [3.63, 3.8) is 0 Å². The summed E-state index contributed by atoms with van der Waals surface area (Å²) in [5.74, 6) is -1.31. The fourth-order valence-electron chi connectivity index (χ4n) is 1.34. The minimum atomic E-state index is -4.64. The van der Waals surface area contributed by atoms with Crippen LogP contribution in [0.1, 0.15) is 29.5 Å². The summed E-state index contributed by atoms with van der Waals surface area (Å²) in [7, 11) is 1.27. The van der Waals surface area contributed by atoms with Gasteiger partial charge < -0.3 is 9.47 Å². The highest BCUT2D eigenvalue weighted by atomic mass is 32.1. The van der Waals surface area contributed by atoms with E-state index in [-0.39, 0.29) is 34.6 Å². The molecule has 1 N–H and O–H groups in total. The highest BCUT2D eigenvalue weighted by Gasteiger charge is 2.36. The van der Waals surface area contributed by atoms with Gasteiger partial charge in [-0.25, -0.2) is 0 Å². The summed E-state index contributed by atoms with van der Waals surface area (Å²) in [6, 6.07) is -0.339. The van der Waals surface area contributed by atoms with E-state index in [2.05, 4.69) is 30.5 Å². The molecule has 0 radical (unpaired) electrons. The smallest absolute Gasteiger partial charge is 0.445 e. The van der Waals surface area contributed by atoms with Crippen LogP contribution in [-0.2, 0) is 6.18 Å². The van der Waals surface area contributed by atoms with Crippen LogP contribution in [-0.4, -0.2) is 44.3 Å². The van der Waals surface area contributed by atoms with Crippen LogP contribution < -0.4 is 14.8 Å². The first kappa shape index (κ1) is 17.8. The van der Waals surface area contributed by atoms with Gasteiger partial charge in [-0.15, -0.1) is 15.2 Å². The Morgan fingerprint density at radius 2 is 1.83 bits per heavy atom. The Morgan fingerprint density at radius 1 is 1.17 bits per heavy atom. The van der Waals surface area contributed by atoms with Crippen molar-refractivity contribution in [2.45, 2.75) is 26.1 Å². The summed E-state index contributed by atoms with van der Waals surface area (Å²) in [6.45, 7) is 3.44. The number of carbonyl (C=O) groups is 1. The Morgan fingerprint density at radius 3 is 2.38 bits per heavy atom. The van der Waals surface area contributed by atoms with E-state index in [0.717, 1.165) is 0 Å². The molecule has 1 amide bonds. The molecule has 0 atom stereocenters. The number of amides is 1. The standard InChI is InChI=1S/C11H11F3N6O3S/c1-4(2)23-9-16-5(15-8(18-9)22-3)6(21)17-10-20-19-7(24-10)11(12,13)14/h4H,1-3H3,(H,17,20,21). The first-order chi connectivity index (χ1) is 11.2. The van der Waals surface area contributed by atoms with Crippen LogP contribution >= 0.6 is 11.3 Å². The maximum Gasteiger partial charge on any atom is 0.445 e. The Hall–Kier alpha value is -2.57. The van der Waals surface area contributed by atoms with Gasteiger partial charge in [0.15, 0.2) is 0 Å². The Bertz CT molecular complexity index is 736. The second kappa shape index (κ2) is 6.90. The number of aromatic nitrogens is 5. The van der Waals surface area contributed by atoms with Crippen molar-refractivity contribution in [3.8, 4) is 12.0 Å². The molecule has 13 heteroatoms. The van der Waals surface area contributed by atoms with E-state index in [0.29, 0.717) is 0 Å². The molecule has 9 nitrogen and oxygen atoms in total. The van der Waals surface area contributed by atoms with Crippen LogP contribution in [0.25, 0.3) is 0 Å². The van der Waals surface area contributed by atoms with Crippen LogP contribution in [0.3, 0.4) is 0 Å². The molecule has 0 unspecified atom stereocenters. The number of anilines is 1. The first-order valence-corrected chi connectivity index (χ1v) is 7.19. The van der Waals surface area contributed by atoms with E-state index in [9.17, 15) is 18.0 Å². The average molecular weight is 364 g/mol. The van der Waals surface area contributed by atoms with Crippen molar-refractivity contribution in [2.75, 3.05) is 12.4 Å². The second-order valence-corrected chi connectivity index (χ2v) is 5.44. The molecule has 0 spiro atoms. The third-order valence-corrected chi connectivity index (χ3v) is 3.09. The molecule has 0 bridgehead atoms. The van der Waals surface area contributed by atoms with Crippen molar-refractivity contribution in [3.05, 3.63) is 10.8 Å². The number of carbonyl (C=O) groups excluding carboxylic acids is 1. The van der Waals surface area contributed by atoms with E-state index < -0.39 is 22.9 Å². The van der Waals surface area contributed by atoms with Gasteiger partial charge in [0, 0.05) is 0 Å². The van der Waals surface area contributed by atoms with Crippen molar-refractivity contribution < 1.29 is 27.4 Å². The van der Waals surface area contributed by atoms with Crippen molar-refractivity contribution >= 4 is 22.4 Å². The Balaban J connectivity index is 2.21. The van der Waals surface area contributed by atoms with Crippen LogP contribution in [0.5, 0.6) is 12.0 Å². The largest absolute Gasteiger partial charge is 0.467 e. The van der Waals surface area contributed by atoms with E-state index in [4.69, 9.17) is 9.47 Å². The summed E-state index contributed by atoms with van der Waals surface area (Å²) < 4.78 is 47.5. The van der Waals surface area contributed by atoms with Gasteiger partial charge in [0.25, 0.3) is 5.91 Å². The molecule has 24 heavy (non-hydrogen) atoms. The zero-order chi connectivity index (χ0) is 17.9. The number of hydrogen-bond donors (Lipinski definition) is 1. The molecule has 2 aromatic heterocycles. The Labute approximate surface area is 137 Å². The SMILES string of the molecule is COc1nc(OC(C)C)nc(C(=O)Nc2nnc(C(F)(F)F)s2)n1. The molecule has 0 saturated heterocycles. The Kier molecular flexibility index (Phi) is 5.11. The summed E-state index contributed by atoms with van der Waals surface area (Å²) >= 11 is 0.175. The molecule has 0 aromatic carbocycles. The van der Waals surface area contributed by atoms with E-state index in [1.807, 2.05) is 0 Å². The summed E-state index contributed by atoms with van der Waals surface area (Å²) in [5.41, 5.74) is 0. The number of halogens is 3. The topological polar surface area (TPSA) is 112 Å². The lowest BCUT2D eigenvalue weighted by atomic mass is 10.5. The molecule has 2 rings (SSSR count). The maximum absolute atomic E-state index is 12.5. The first-order valence-electron chi connectivity index (χ1n) is 6.38.